The number of unbranched alkanes of at least 4 members (excludes halogenated alkanes) is 1. The number of hydrogen-bond donors (Lipinski definition) is 4. The van der Waals surface area contributed by atoms with E-state index in [9.17, 15) is 4.79 Å². The molecule has 14 heavy (non-hydrogen) atoms. The van der Waals surface area contributed by atoms with Crippen LogP contribution in [0.2, 0.25) is 0 Å². The fraction of sp³-hybridized carbons (Fsp3) is 0.889. The molecule has 0 aliphatic heterocycles. The number of rotatable bonds is 8. The lowest BCUT2D eigenvalue weighted by atomic mass is 10.2. The Kier molecular flexibility index (Phi) is 8.51. The molecular weight excluding hydrogens is 182 g/mol. The first-order chi connectivity index (χ1) is 6.66. The first kappa shape index (κ1) is 13.4. The highest BCUT2D eigenvalue weighted by Crippen LogP contribution is 1.95. The van der Waals surface area contributed by atoms with Crippen LogP contribution in [0.25, 0.3) is 0 Å². The van der Waals surface area contributed by atoms with Crippen LogP contribution < -0.4 is 16.8 Å². The summed E-state index contributed by atoms with van der Waals surface area (Å²) in [5.74, 6) is 0.0451. The summed E-state index contributed by atoms with van der Waals surface area (Å²) in [4.78, 5) is 11.1. The lowest BCUT2D eigenvalue weighted by Gasteiger charge is -2.05. The molecule has 0 bridgehead atoms. The van der Waals surface area contributed by atoms with Crippen LogP contribution in [-0.4, -0.2) is 30.3 Å². The number of carbonyl (C=O) groups excluding carboxylic acids is 1. The van der Waals surface area contributed by atoms with E-state index in [0.717, 1.165) is 19.3 Å². The Morgan fingerprint density at radius 2 is 2.07 bits per heavy atom. The monoisotopic (exact) mass is 203 g/mol. The molecule has 1 amide bonds. The Balaban J connectivity index is 3.15. The third-order valence-electron chi connectivity index (χ3n) is 1.86. The normalized spacial score (nSPS) is 12.5. The molecule has 6 N–H and O–H groups in total. The number of carbonyl (C=O) groups is 1. The number of amides is 1. The van der Waals surface area contributed by atoms with E-state index in [4.69, 9.17) is 16.6 Å². The van der Waals surface area contributed by atoms with Gasteiger partial charge in [-0.1, -0.05) is 0 Å². The molecule has 0 rings (SSSR count). The average Bonchev–Trinajstić information content (AvgIpc) is 2.13. The van der Waals surface area contributed by atoms with Crippen LogP contribution >= 0.6 is 0 Å². The van der Waals surface area contributed by atoms with E-state index in [2.05, 4.69) is 5.32 Å². The van der Waals surface area contributed by atoms with E-state index in [1.165, 1.54) is 0 Å². The summed E-state index contributed by atoms with van der Waals surface area (Å²) in [6.45, 7) is 1.20. The molecule has 0 aliphatic rings. The quantitative estimate of drug-likeness (QED) is 0.309. The van der Waals surface area contributed by atoms with Gasteiger partial charge in [-0.25, -0.2) is 0 Å². The van der Waals surface area contributed by atoms with Gasteiger partial charge in [-0.15, -0.1) is 0 Å². The third kappa shape index (κ3) is 9.44. The summed E-state index contributed by atoms with van der Waals surface area (Å²) in [6.07, 6.45) is 2.75. The highest BCUT2D eigenvalue weighted by molar-refractivity contribution is 5.75. The van der Waals surface area contributed by atoms with Crippen molar-refractivity contribution >= 4 is 5.91 Å². The van der Waals surface area contributed by atoms with Crippen molar-refractivity contribution in [3.63, 3.8) is 0 Å². The Morgan fingerprint density at radius 3 is 2.64 bits per heavy atom. The van der Waals surface area contributed by atoms with Crippen molar-refractivity contribution in [3.05, 3.63) is 0 Å². The third-order valence-corrected chi connectivity index (χ3v) is 1.86. The molecule has 0 heterocycles. The number of hydrogen-bond acceptors (Lipinski definition) is 4. The second-order valence-corrected chi connectivity index (χ2v) is 3.31. The maximum Gasteiger partial charge on any atom is 0.220 e. The van der Waals surface area contributed by atoms with Gasteiger partial charge in [0.1, 0.15) is 6.23 Å². The summed E-state index contributed by atoms with van der Waals surface area (Å²) in [5.41, 5.74) is 10.4. The summed E-state index contributed by atoms with van der Waals surface area (Å²) >= 11 is 0. The van der Waals surface area contributed by atoms with E-state index in [1.807, 2.05) is 0 Å². The van der Waals surface area contributed by atoms with Crippen molar-refractivity contribution in [2.24, 2.45) is 11.5 Å². The maximum atomic E-state index is 11.1. The van der Waals surface area contributed by atoms with Crippen LogP contribution in [0.4, 0.5) is 0 Å². The van der Waals surface area contributed by atoms with Gasteiger partial charge in [0.25, 0.3) is 0 Å². The van der Waals surface area contributed by atoms with Gasteiger partial charge in [0, 0.05) is 13.0 Å². The average molecular weight is 203 g/mol. The van der Waals surface area contributed by atoms with Gasteiger partial charge in [-0.2, -0.15) is 0 Å². The van der Waals surface area contributed by atoms with Crippen LogP contribution in [0.5, 0.6) is 0 Å². The molecule has 0 aromatic carbocycles. The van der Waals surface area contributed by atoms with Gasteiger partial charge >= 0.3 is 0 Å². The number of aliphatic hydroxyl groups is 1. The van der Waals surface area contributed by atoms with Gasteiger partial charge in [0.05, 0.1) is 0 Å². The van der Waals surface area contributed by atoms with Gasteiger partial charge < -0.3 is 21.9 Å². The fourth-order valence-corrected chi connectivity index (χ4v) is 1.06. The summed E-state index contributed by atoms with van der Waals surface area (Å²) in [5, 5.41) is 11.5. The molecule has 0 aromatic heterocycles. The first-order valence-electron chi connectivity index (χ1n) is 5.07. The second-order valence-electron chi connectivity index (χ2n) is 3.31. The van der Waals surface area contributed by atoms with Crippen molar-refractivity contribution in [1.82, 2.24) is 5.32 Å². The summed E-state index contributed by atoms with van der Waals surface area (Å²) in [7, 11) is 0. The largest absolute Gasteiger partial charge is 0.379 e. The molecule has 0 radical (unpaired) electrons. The van der Waals surface area contributed by atoms with Crippen LogP contribution in [-0.2, 0) is 4.79 Å². The number of aliphatic hydroxyl groups excluding tert-OH is 1. The minimum absolute atomic E-state index is 0.0451. The maximum absolute atomic E-state index is 11.1. The van der Waals surface area contributed by atoms with Gasteiger partial charge in [0.15, 0.2) is 0 Å². The Bertz CT molecular complexity index is 151. The van der Waals surface area contributed by atoms with Crippen molar-refractivity contribution in [3.8, 4) is 0 Å². The molecule has 5 nitrogen and oxygen atoms in total. The van der Waals surface area contributed by atoms with E-state index >= 15 is 0 Å². The lowest BCUT2D eigenvalue weighted by Crippen LogP contribution is -2.25. The molecule has 0 aliphatic carbocycles. The highest BCUT2D eigenvalue weighted by atomic mass is 16.3. The standard InChI is InChI=1S/C9H21N3O2/c10-6-3-5-9(14)12-7-2-1-4-8(11)13/h8,13H,1-7,10-11H2,(H,12,14). The SMILES string of the molecule is NCCCC(=O)NCCCCC(N)O. The molecule has 0 aromatic rings. The predicted octanol–water partition coefficient (Wildman–Crippen LogP) is -0.711. The van der Waals surface area contributed by atoms with Crippen LogP contribution in [0.15, 0.2) is 0 Å². The highest BCUT2D eigenvalue weighted by Gasteiger charge is 1.99. The molecule has 1 unspecified atom stereocenters. The lowest BCUT2D eigenvalue weighted by molar-refractivity contribution is -0.121. The molecule has 0 spiro atoms. The number of nitrogens with one attached hydrogen (secondary N) is 1. The van der Waals surface area contributed by atoms with E-state index < -0.39 is 6.23 Å². The van der Waals surface area contributed by atoms with Crippen molar-refractivity contribution in [1.29, 1.82) is 0 Å². The predicted molar refractivity (Wildman–Crippen MR) is 55.3 cm³/mol. The van der Waals surface area contributed by atoms with Gasteiger partial charge in [-0.05, 0) is 32.2 Å². The zero-order valence-corrected chi connectivity index (χ0v) is 8.54. The second kappa shape index (κ2) is 8.93. The zero-order chi connectivity index (χ0) is 10.8. The summed E-state index contributed by atoms with van der Waals surface area (Å²) < 4.78 is 0. The van der Waals surface area contributed by atoms with Gasteiger partial charge in [0.2, 0.25) is 5.91 Å². The minimum Gasteiger partial charge on any atom is -0.379 e. The molecule has 84 valence electrons. The Morgan fingerprint density at radius 1 is 1.36 bits per heavy atom. The van der Waals surface area contributed by atoms with E-state index in [0.29, 0.717) is 25.9 Å². The van der Waals surface area contributed by atoms with E-state index in [1.54, 1.807) is 0 Å². The van der Waals surface area contributed by atoms with Gasteiger partial charge in [-0.3, -0.25) is 4.79 Å². The van der Waals surface area contributed by atoms with Crippen LogP contribution in [0.3, 0.4) is 0 Å². The molecule has 5 heteroatoms. The molecule has 0 saturated heterocycles. The smallest absolute Gasteiger partial charge is 0.220 e. The number of nitrogens with two attached hydrogens (primary N) is 2. The topological polar surface area (TPSA) is 101 Å². The minimum atomic E-state index is -0.733. The van der Waals surface area contributed by atoms with E-state index in [-0.39, 0.29) is 5.91 Å². The van der Waals surface area contributed by atoms with Crippen LogP contribution in [0, 0.1) is 0 Å². The first-order valence-corrected chi connectivity index (χ1v) is 5.07. The molecular formula is C9H21N3O2. The van der Waals surface area contributed by atoms with Crippen molar-refractivity contribution in [2.75, 3.05) is 13.1 Å². The zero-order valence-electron chi connectivity index (χ0n) is 8.54. The molecule has 0 fully saturated rings. The molecule has 0 saturated carbocycles. The Labute approximate surface area is 84.8 Å². The van der Waals surface area contributed by atoms with Crippen molar-refractivity contribution < 1.29 is 9.90 Å². The van der Waals surface area contributed by atoms with Crippen LogP contribution in [0.1, 0.15) is 32.1 Å². The Hall–Kier alpha value is -0.650. The summed E-state index contributed by atoms with van der Waals surface area (Å²) in [6, 6.07) is 0. The van der Waals surface area contributed by atoms with Crippen molar-refractivity contribution in [2.45, 2.75) is 38.3 Å². The fourth-order valence-electron chi connectivity index (χ4n) is 1.06. The molecule has 1 atom stereocenters.